The molecule has 2 N–H and O–H groups in total. The van der Waals surface area contributed by atoms with E-state index < -0.39 is 5.91 Å². The first-order valence-electron chi connectivity index (χ1n) is 9.26. The molecule has 0 atom stereocenters. The lowest BCUT2D eigenvalue weighted by Crippen LogP contribution is -2.41. The molecular weight excluding hydrogens is 340 g/mol. The third-order valence-corrected chi connectivity index (χ3v) is 4.19. The van der Waals surface area contributed by atoms with Crippen molar-refractivity contribution in [2.75, 3.05) is 6.61 Å². The van der Waals surface area contributed by atoms with Gasteiger partial charge in [-0.2, -0.15) is 0 Å². The fourth-order valence-corrected chi connectivity index (χ4v) is 2.48. The van der Waals surface area contributed by atoms with Crippen LogP contribution in [0.2, 0.25) is 0 Å². The van der Waals surface area contributed by atoms with Crippen LogP contribution < -0.4 is 15.6 Å². The quantitative estimate of drug-likeness (QED) is 0.592. The average molecular weight is 368 g/mol. The third kappa shape index (κ3) is 5.84. The van der Waals surface area contributed by atoms with Crippen LogP contribution >= 0.6 is 0 Å². The molecule has 2 aromatic rings. The summed E-state index contributed by atoms with van der Waals surface area (Å²) in [6, 6.07) is 14.3. The number of benzene rings is 2. The van der Waals surface area contributed by atoms with Gasteiger partial charge in [-0.15, -0.1) is 0 Å². The molecule has 0 saturated heterocycles. The summed E-state index contributed by atoms with van der Waals surface area (Å²) in [5.74, 6) is -0.276. The van der Waals surface area contributed by atoms with E-state index in [0.717, 1.165) is 18.4 Å². The van der Waals surface area contributed by atoms with Crippen LogP contribution in [0.3, 0.4) is 0 Å². The molecule has 0 unspecified atom stereocenters. The van der Waals surface area contributed by atoms with Crippen molar-refractivity contribution in [1.29, 1.82) is 0 Å². The Labute approximate surface area is 161 Å². The number of carbonyl (C=O) groups excluding carboxylic acids is 2. The molecule has 0 bridgehead atoms. The minimum atomic E-state index is -0.415. The Kier molecular flexibility index (Phi) is 6.99. The highest BCUT2D eigenvalue weighted by atomic mass is 16.5. The molecule has 0 aromatic heterocycles. The predicted molar refractivity (Wildman–Crippen MR) is 107 cm³/mol. The molecule has 0 radical (unpaired) electrons. The SMILES string of the molecule is CCCCOc1ccccc1C(=O)NNC(=O)c1ccc(C(C)(C)C)cc1. The van der Waals surface area contributed by atoms with Gasteiger partial charge in [-0.3, -0.25) is 20.4 Å². The van der Waals surface area contributed by atoms with Gasteiger partial charge in [-0.05, 0) is 41.7 Å². The largest absolute Gasteiger partial charge is 0.493 e. The minimum absolute atomic E-state index is 0.0186. The summed E-state index contributed by atoms with van der Waals surface area (Å²) in [6.45, 7) is 8.96. The van der Waals surface area contributed by atoms with Crippen molar-refractivity contribution < 1.29 is 14.3 Å². The van der Waals surface area contributed by atoms with Crippen LogP contribution in [0.4, 0.5) is 0 Å². The van der Waals surface area contributed by atoms with Crippen molar-refractivity contribution >= 4 is 11.8 Å². The van der Waals surface area contributed by atoms with E-state index in [-0.39, 0.29) is 11.3 Å². The summed E-state index contributed by atoms with van der Waals surface area (Å²) < 4.78 is 5.66. The summed E-state index contributed by atoms with van der Waals surface area (Å²) in [7, 11) is 0. The molecule has 0 heterocycles. The lowest BCUT2D eigenvalue weighted by atomic mass is 9.87. The van der Waals surface area contributed by atoms with E-state index in [1.165, 1.54) is 0 Å². The van der Waals surface area contributed by atoms with Gasteiger partial charge in [0, 0.05) is 5.56 Å². The molecule has 0 spiro atoms. The third-order valence-electron chi connectivity index (χ3n) is 4.19. The monoisotopic (exact) mass is 368 g/mol. The summed E-state index contributed by atoms with van der Waals surface area (Å²) in [6.07, 6.45) is 1.93. The van der Waals surface area contributed by atoms with E-state index in [4.69, 9.17) is 4.74 Å². The Morgan fingerprint density at radius 2 is 1.56 bits per heavy atom. The second-order valence-electron chi connectivity index (χ2n) is 7.43. The van der Waals surface area contributed by atoms with Gasteiger partial charge < -0.3 is 4.74 Å². The maximum absolute atomic E-state index is 12.4. The van der Waals surface area contributed by atoms with Crippen molar-refractivity contribution in [3.05, 3.63) is 65.2 Å². The topological polar surface area (TPSA) is 67.4 Å². The highest BCUT2D eigenvalue weighted by Gasteiger charge is 2.16. The minimum Gasteiger partial charge on any atom is -0.493 e. The molecule has 2 amide bonds. The Balaban J connectivity index is 1.98. The number of rotatable bonds is 6. The maximum Gasteiger partial charge on any atom is 0.273 e. The average Bonchev–Trinajstić information content (AvgIpc) is 2.66. The van der Waals surface area contributed by atoms with Crippen LogP contribution in [0, 0.1) is 0 Å². The molecule has 2 rings (SSSR count). The van der Waals surface area contributed by atoms with E-state index in [1.807, 2.05) is 18.2 Å². The fourth-order valence-electron chi connectivity index (χ4n) is 2.48. The van der Waals surface area contributed by atoms with E-state index in [0.29, 0.717) is 23.5 Å². The van der Waals surface area contributed by atoms with Crippen LogP contribution in [0.5, 0.6) is 5.75 Å². The molecule has 27 heavy (non-hydrogen) atoms. The molecule has 5 nitrogen and oxygen atoms in total. The van der Waals surface area contributed by atoms with E-state index in [1.54, 1.807) is 30.3 Å². The number of hydrogen-bond donors (Lipinski definition) is 2. The number of carbonyl (C=O) groups is 2. The number of ether oxygens (including phenoxy) is 1. The first-order valence-corrected chi connectivity index (χ1v) is 9.26. The summed E-state index contributed by atoms with van der Waals surface area (Å²) in [5, 5.41) is 0. The second kappa shape index (κ2) is 9.21. The molecule has 0 saturated carbocycles. The Morgan fingerprint density at radius 3 is 2.19 bits per heavy atom. The number of hydrogen-bond acceptors (Lipinski definition) is 3. The molecule has 5 heteroatoms. The van der Waals surface area contributed by atoms with Gasteiger partial charge >= 0.3 is 0 Å². The van der Waals surface area contributed by atoms with Gasteiger partial charge in [0.1, 0.15) is 5.75 Å². The summed E-state index contributed by atoms with van der Waals surface area (Å²) in [4.78, 5) is 24.7. The normalized spacial score (nSPS) is 11.0. The summed E-state index contributed by atoms with van der Waals surface area (Å²) >= 11 is 0. The number of hydrazine groups is 1. The Bertz CT molecular complexity index is 777. The standard InChI is InChI=1S/C22H28N2O3/c1-5-6-15-27-19-10-8-7-9-18(19)21(26)24-23-20(25)16-11-13-17(14-12-16)22(2,3)4/h7-14H,5-6,15H2,1-4H3,(H,23,25)(H,24,26). The molecule has 0 aliphatic rings. The van der Waals surface area contributed by atoms with Crippen molar-refractivity contribution in [3.63, 3.8) is 0 Å². The van der Waals surface area contributed by atoms with Crippen molar-refractivity contribution in [3.8, 4) is 5.75 Å². The zero-order valence-electron chi connectivity index (χ0n) is 16.5. The van der Waals surface area contributed by atoms with E-state index >= 15 is 0 Å². The van der Waals surface area contributed by atoms with Crippen LogP contribution in [0.25, 0.3) is 0 Å². The molecule has 0 aliphatic carbocycles. The van der Waals surface area contributed by atoms with E-state index in [9.17, 15) is 9.59 Å². The zero-order valence-corrected chi connectivity index (χ0v) is 16.5. The molecule has 2 aromatic carbocycles. The van der Waals surface area contributed by atoms with Crippen LogP contribution in [0.15, 0.2) is 48.5 Å². The molecule has 0 fully saturated rings. The molecular formula is C22H28N2O3. The number of para-hydroxylation sites is 1. The van der Waals surface area contributed by atoms with Crippen molar-refractivity contribution in [2.45, 2.75) is 46.0 Å². The van der Waals surface area contributed by atoms with Gasteiger partial charge in [0.15, 0.2) is 0 Å². The van der Waals surface area contributed by atoms with Crippen molar-refractivity contribution in [1.82, 2.24) is 10.9 Å². The van der Waals surface area contributed by atoms with Crippen LogP contribution in [-0.4, -0.2) is 18.4 Å². The van der Waals surface area contributed by atoms with Crippen LogP contribution in [0.1, 0.15) is 66.8 Å². The highest BCUT2D eigenvalue weighted by molar-refractivity contribution is 6.00. The fraction of sp³-hybridized carbons (Fsp3) is 0.364. The smallest absolute Gasteiger partial charge is 0.273 e. The predicted octanol–water partition coefficient (Wildman–Crippen LogP) is 4.24. The van der Waals surface area contributed by atoms with Gasteiger partial charge in [0.2, 0.25) is 0 Å². The first-order chi connectivity index (χ1) is 12.8. The summed E-state index contributed by atoms with van der Waals surface area (Å²) in [5.41, 5.74) is 6.94. The zero-order chi connectivity index (χ0) is 19.9. The second-order valence-corrected chi connectivity index (χ2v) is 7.43. The van der Waals surface area contributed by atoms with Gasteiger partial charge in [-0.25, -0.2) is 0 Å². The van der Waals surface area contributed by atoms with Gasteiger partial charge in [0.25, 0.3) is 11.8 Å². The first kappa shape index (κ1) is 20.5. The Hall–Kier alpha value is -2.82. The Morgan fingerprint density at radius 1 is 0.926 bits per heavy atom. The lowest BCUT2D eigenvalue weighted by molar-refractivity contribution is 0.0844. The van der Waals surface area contributed by atoms with Gasteiger partial charge in [-0.1, -0.05) is 58.4 Å². The van der Waals surface area contributed by atoms with Crippen molar-refractivity contribution in [2.24, 2.45) is 0 Å². The highest BCUT2D eigenvalue weighted by Crippen LogP contribution is 2.22. The molecule has 144 valence electrons. The van der Waals surface area contributed by atoms with E-state index in [2.05, 4.69) is 38.5 Å². The number of amides is 2. The lowest BCUT2D eigenvalue weighted by Gasteiger charge is -2.19. The molecule has 0 aliphatic heterocycles. The van der Waals surface area contributed by atoms with Gasteiger partial charge in [0.05, 0.1) is 12.2 Å². The van der Waals surface area contributed by atoms with Crippen LogP contribution in [-0.2, 0) is 5.41 Å². The maximum atomic E-state index is 12.4. The number of unbranched alkanes of at least 4 members (excludes halogenated alkanes) is 1. The number of nitrogens with one attached hydrogen (secondary N) is 2.